The number of nitrogens with zero attached hydrogens (tertiary/aromatic N) is 1. The molecule has 0 aliphatic rings. The second-order valence-corrected chi connectivity index (χ2v) is 5.61. The van der Waals surface area contributed by atoms with Gasteiger partial charge in [0.15, 0.2) is 0 Å². The SMILES string of the molecule is CC(C)NCCCN(C)C(C)c1cccs1. The van der Waals surface area contributed by atoms with Crippen LogP contribution in [-0.4, -0.2) is 31.1 Å². The summed E-state index contributed by atoms with van der Waals surface area (Å²) in [5, 5.41) is 5.60. The molecule has 0 fully saturated rings. The van der Waals surface area contributed by atoms with Gasteiger partial charge in [0.25, 0.3) is 0 Å². The van der Waals surface area contributed by atoms with Gasteiger partial charge < -0.3 is 5.32 Å². The Morgan fingerprint density at radius 2 is 2.12 bits per heavy atom. The van der Waals surface area contributed by atoms with Crippen molar-refractivity contribution >= 4 is 11.3 Å². The van der Waals surface area contributed by atoms with Gasteiger partial charge in [-0.1, -0.05) is 19.9 Å². The van der Waals surface area contributed by atoms with E-state index in [1.54, 1.807) is 0 Å². The lowest BCUT2D eigenvalue weighted by Gasteiger charge is -2.24. The van der Waals surface area contributed by atoms with Crippen LogP contribution in [0.3, 0.4) is 0 Å². The zero-order chi connectivity index (χ0) is 12.0. The van der Waals surface area contributed by atoms with E-state index in [1.165, 1.54) is 11.3 Å². The molecule has 0 saturated carbocycles. The van der Waals surface area contributed by atoms with Gasteiger partial charge in [0.05, 0.1) is 0 Å². The number of nitrogens with one attached hydrogen (secondary N) is 1. The van der Waals surface area contributed by atoms with Gasteiger partial charge in [-0.2, -0.15) is 0 Å². The number of hydrogen-bond donors (Lipinski definition) is 1. The highest BCUT2D eigenvalue weighted by Crippen LogP contribution is 2.23. The normalized spacial score (nSPS) is 13.6. The molecule has 92 valence electrons. The molecule has 1 unspecified atom stereocenters. The minimum Gasteiger partial charge on any atom is -0.314 e. The van der Waals surface area contributed by atoms with Crippen LogP contribution in [-0.2, 0) is 0 Å². The average molecular weight is 240 g/mol. The molecule has 1 atom stereocenters. The quantitative estimate of drug-likeness (QED) is 0.737. The molecule has 1 aromatic heterocycles. The minimum atomic E-state index is 0.541. The lowest BCUT2D eigenvalue weighted by Crippen LogP contribution is -2.29. The first-order valence-electron chi connectivity index (χ1n) is 6.08. The van der Waals surface area contributed by atoms with E-state index < -0.39 is 0 Å². The number of hydrogen-bond acceptors (Lipinski definition) is 3. The fourth-order valence-electron chi connectivity index (χ4n) is 1.66. The van der Waals surface area contributed by atoms with E-state index in [2.05, 4.69) is 55.5 Å². The summed E-state index contributed by atoms with van der Waals surface area (Å²) >= 11 is 1.85. The highest BCUT2D eigenvalue weighted by Gasteiger charge is 2.11. The molecule has 0 aliphatic carbocycles. The van der Waals surface area contributed by atoms with Crippen molar-refractivity contribution in [3.8, 4) is 0 Å². The molecular formula is C13H24N2S. The van der Waals surface area contributed by atoms with E-state index in [-0.39, 0.29) is 0 Å². The van der Waals surface area contributed by atoms with E-state index >= 15 is 0 Å². The summed E-state index contributed by atoms with van der Waals surface area (Å²) in [6.07, 6.45) is 1.21. The lowest BCUT2D eigenvalue weighted by molar-refractivity contribution is 0.259. The first-order chi connectivity index (χ1) is 7.61. The van der Waals surface area contributed by atoms with E-state index in [0.29, 0.717) is 12.1 Å². The van der Waals surface area contributed by atoms with Gasteiger partial charge in [0.2, 0.25) is 0 Å². The first kappa shape index (κ1) is 13.7. The predicted molar refractivity (Wildman–Crippen MR) is 73.1 cm³/mol. The molecule has 16 heavy (non-hydrogen) atoms. The third kappa shape index (κ3) is 4.64. The maximum absolute atomic E-state index is 3.45. The molecule has 0 amide bonds. The molecule has 0 aliphatic heterocycles. The van der Waals surface area contributed by atoms with Crippen molar-refractivity contribution in [1.82, 2.24) is 10.2 Å². The van der Waals surface area contributed by atoms with Crippen LogP contribution >= 0.6 is 11.3 Å². The third-order valence-corrected chi connectivity index (χ3v) is 3.90. The molecular weight excluding hydrogens is 216 g/mol. The van der Waals surface area contributed by atoms with E-state index in [1.807, 2.05) is 11.3 Å². The van der Waals surface area contributed by atoms with Gasteiger partial charge in [-0.25, -0.2) is 0 Å². The Morgan fingerprint density at radius 3 is 2.69 bits per heavy atom. The van der Waals surface area contributed by atoms with Gasteiger partial charge in [0, 0.05) is 17.0 Å². The van der Waals surface area contributed by atoms with Crippen molar-refractivity contribution in [1.29, 1.82) is 0 Å². The van der Waals surface area contributed by atoms with Gasteiger partial charge >= 0.3 is 0 Å². The lowest BCUT2D eigenvalue weighted by atomic mass is 10.2. The second-order valence-electron chi connectivity index (χ2n) is 4.63. The maximum Gasteiger partial charge on any atom is 0.0410 e. The maximum atomic E-state index is 3.45. The molecule has 0 aromatic carbocycles. The molecule has 0 radical (unpaired) electrons. The van der Waals surface area contributed by atoms with Crippen molar-refractivity contribution in [3.63, 3.8) is 0 Å². The molecule has 1 rings (SSSR count). The van der Waals surface area contributed by atoms with Crippen LogP contribution in [0.1, 0.15) is 38.1 Å². The highest BCUT2D eigenvalue weighted by atomic mass is 32.1. The molecule has 0 saturated heterocycles. The third-order valence-electron chi connectivity index (χ3n) is 2.86. The number of rotatable bonds is 7. The summed E-state index contributed by atoms with van der Waals surface area (Å²) in [6.45, 7) is 8.93. The topological polar surface area (TPSA) is 15.3 Å². The molecule has 2 nitrogen and oxygen atoms in total. The summed E-state index contributed by atoms with van der Waals surface area (Å²) < 4.78 is 0. The highest BCUT2D eigenvalue weighted by molar-refractivity contribution is 7.10. The van der Waals surface area contributed by atoms with Crippen LogP contribution in [0, 0.1) is 0 Å². The Bertz CT molecular complexity index is 269. The zero-order valence-corrected chi connectivity index (χ0v) is 11.7. The molecule has 1 heterocycles. The second kappa shape index (κ2) is 7.05. The smallest absolute Gasteiger partial charge is 0.0410 e. The molecule has 0 bridgehead atoms. The van der Waals surface area contributed by atoms with Crippen molar-refractivity contribution in [3.05, 3.63) is 22.4 Å². The Labute approximate surface area is 104 Å². The van der Waals surface area contributed by atoms with Gasteiger partial charge in [-0.3, -0.25) is 4.90 Å². The molecule has 0 spiro atoms. The van der Waals surface area contributed by atoms with Crippen LogP contribution in [0.5, 0.6) is 0 Å². The van der Waals surface area contributed by atoms with Gasteiger partial charge in [0.1, 0.15) is 0 Å². The first-order valence-corrected chi connectivity index (χ1v) is 6.96. The average Bonchev–Trinajstić information content (AvgIpc) is 2.76. The van der Waals surface area contributed by atoms with E-state index in [9.17, 15) is 0 Å². The Morgan fingerprint density at radius 1 is 1.38 bits per heavy atom. The number of thiophene rings is 1. The van der Waals surface area contributed by atoms with Crippen molar-refractivity contribution < 1.29 is 0 Å². The molecule has 3 heteroatoms. The largest absolute Gasteiger partial charge is 0.314 e. The van der Waals surface area contributed by atoms with Crippen LogP contribution in [0.2, 0.25) is 0 Å². The van der Waals surface area contributed by atoms with Crippen molar-refractivity contribution in [2.75, 3.05) is 20.1 Å². The van der Waals surface area contributed by atoms with E-state index in [0.717, 1.165) is 13.1 Å². The van der Waals surface area contributed by atoms with Crippen molar-refractivity contribution in [2.45, 2.75) is 39.3 Å². The monoisotopic (exact) mass is 240 g/mol. The summed E-state index contributed by atoms with van der Waals surface area (Å²) in [4.78, 5) is 3.88. The van der Waals surface area contributed by atoms with E-state index in [4.69, 9.17) is 0 Å². The Kier molecular flexibility index (Phi) is 6.03. The summed E-state index contributed by atoms with van der Waals surface area (Å²) in [5.74, 6) is 0. The fraction of sp³-hybridized carbons (Fsp3) is 0.692. The van der Waals surface area contributed by atoms with Crippen molar-refractivity contribution in [2.24, 2.45) is 0 Å². The minimum absolute atomic E-state index is 0.541. The summed E-state index contributed by atoms with van der Waals surface area (Å²) in [7, 11) is 2.21. The van der Waals surface area contributed by atoms with Crippen LogP contribution < -0.4 is 5.32 Å². The van der Waals surface area contributed by atoms with Crippen LogP contribution in [0.4, 0.5) is 0 Å². The Balaban J connectivity index is 2.22. The van der Waals surface area contributed by atoms with Gasteiger partial charge in [-0.05, 0) is 44.9 Å². The zero-order valence-electron chi connectivity index (χ0n) is 10.9. The molecule has 1 N–H and O–H groups in total. The predicted octanol–water partition coefficient (Wildman–Crippen LogP) is 3.13. The van der Waals surface area contributed by atoms with Crippen LogP contribution in [0.25, 0.3) is 0 Å². The fourth-order valence-corrected chi connectivity index (χ4v) is 2.51. The standard InChI is InChI=1S/C13H24N2S/c1-11(2)14-8-6-9-15(4)12(3)13-7-5-10-16-13/h5,7,10-12,14H,6,8-9H2,1-4H3. The summed E-state index contributed by atoms with van der Waals surface area (Å²) in [5.41, 5.74) is 0. The Hall–Kier alpha value is -0.380. The van der Waals surface area contributed by atoms with Crippen LogP contribution in [0.15, 0.2) is 17.5 Å². The summed E-state index contributed by atoms with van der Waals surface area (Å²) in [6, 6.07) is 5.49. The molecule has 1 aromatic rings. The van der Waals surface area contributed by atoms with Gasteiger partial charge in [-0.15, -0.1) is 11.3 Å².